The number of nitrogens with one attached hydrogen (secondary N) is 4. The van der Waals surface area contributed by atoms with Gasteiger partial charge in [0, 0.05) is 37.7 Å². The molecule has 2 aromatic heterocycles. The Bertz CT molecular complexity index is 1220. The Kier molecular flexibility index (Phi) is 24.3. The van der Waals surface area contributed by atoms with Crippen LogP contribution in [0.5, 0.6) is 0 Å². The maximum absolute atomic E-state index is 11.1. The van der Waals surface area contributed by atoms with Crippen molar-refractivity contribution in [2.75, 3.05) is 65.9 Å². The van der Waals surface area contributed by atoms with Crippen molar-refractivity contribution >= 4 is 23.5 Å². The average molecular weight is 767 g/mol. The molecule has 0 saturated heterocycles. The highest BCUT2D eigenvalue weighted by molar-refractivity contribution is 7.98. The summed E-state index contributed by atoms with van der Waals surface area (Å²) in [5, 5.41) is 34.8. The van der Waals surface area contributed by atoms with Gasteiger partial charge in [-0.2, -0.15) is 23.5 Å². The van der Waals surface area contributed by atoms with Crippen LogP contribution in [0.25, 0.3) is 0 Å². The van der Waals surface area contributed by atoms with Crippen LogP contribution in [0.2, 0.25) is 0 Å². The Hall–Kier alpha value is -3.34. The van der Waals surface area contributed by atoms with Gasteiger partial charge < -0.3 is 39.9 Å². The highest BCUT2D eigenvalue weighted by Crippen LogP contribution is 2.17. The zero-order valence-corrected chi connectivity index (χ0v) is 33.3. The molecule has 0 amide bonds. The van der Waals surface area contributed by atoms with E-state index in [2.05, 4.69) is 31.1 Å². The van der Waals surface area contributed by atoms with Crippen LogP contribution in [-0.4, -0.2) is 85.5 Å². The van der Waals surface area contributed by atoms with Gasteiger partial charge >= 0.3 is 0 Å². The smallest absolute Gasteiger partial charge is 0.274 e. The van der Waals surface area contributed by atoms with E-state index in [9.17, 15) is 20.2 Å². The SMILES string of the molecule is CN(C)Cc1ccc(CSCCN/C(=C/[N+](=O)[O-])NCCCCCCCCCCCCN/C(=C\[N+](=O)[O-])NCCSCc2ccc(CN(C)C)o2)o1. The highest BCUT2D eigenvalue weighted by atomic mass is 32.2. The van der Waals surface area contributed by atoms with Crippen LogP contribution in [0.1, 0.15) is 87.2 Å². The fraction of sp³-hybridized carbons (Fsp3) is 0.667. The molecule has 0 spiro atoms. The van der Waals surface area contributed by atoms with Crippen molar-refractivity contribution in [2.45, 2.75) is 88.8 Å². The summed E-state index contributed by atoms with van der Waals surface area (Å²) in [5.41, 5.74) is 0. The molecule has 2 heterocycles. The van der Waals surface area contributed by atoms with Crippen molar-refractivity contribution in [3.05, 3.63) is 91.6 Å². The van der Waals surface area contributed by atoms with Gasteiger partial charge in [0.1, 0.15) is 23.0 Å². The number of furan rings is 2. The first-order valence-electron chi connectivity index (χ1n) is 18.4. The van der Waals surface area contributed by atoms with E-state index in [1.807, 2.05) is 52.5 Å². The molecule has 2 aromatic rings. The van der Waals surface area contributed by atoms with E-state index in [0.29, 0.717) is 37.8 Å². The number of nitrogens with zero attached hydrogens (tertiary/aromatic N) is 4. The van der Waals surface area contributed by atoms with E-state index in [0.717, 1.165) is 110 Å². The lowest BCUT2D eigenvalue weighted by molar-refractivity contribution is -0.404. The monoisotopic (exact) mass is 766 g/mol. The van der Waals surface area contributed by atoms with Gasteiger partial charge in [-0.1, -0.05) is 51.4 Å². The predicted octanol–water partition coefficient (Wildman–Crippen LogP) is 6.57. The Morgan fingerprint density at radius 1 is 0.577 bits per heavy atom. The average Bonchev–Trinajstić information content (AvgIpc) is 3.71. The van der Waals surface area contributed by atoms with Crippen molar-refractivity contribution in [1.82, 2.24) is 31.1 Å². The maximum atomic E-state index is 11.1. The van der Waals surface area contributed by atoms with Crippen LogP contribution in [0.4, 0.5) is 0 Å². The van der Waals surface area contributed by atoms with E-state index in [4.69, 9.17) is 8.83 Å². The maximum Gasteiger partial charge on any atom is 0.274 e. The third-order valence-electron chi connectivity index (χ3n) is 7.69. The largest absolute Gasteiger partial charge is 0.464 e. The molecule has 0 bridgehead atoms. The van der Waals surface area contributed by atoms with Crippen molar-refractivity contribution in [1.29, 1.82) is 0 Å². The molecule has 0 atom stereocenters. The molecule has 0 aromatic carbocycles. The molecule has 2 rings (SSSR count). The molecular formula is C36H62N8O6S2. The number of rotatable bonds is 33. The third-order valence-corrected chi connectivity index (χ3v) is 9.66. The summed E-state index contributed by atoms with van der Waals surface area (Å²) in [5.74, 6) is 7.85. The van der Waals surface area contributed by atoms with Crippen LogP contribution < -0.4 is 21.3 Å². The molecule has 0 aliphatic carbocycles. The third kappa shape index (κ3) is 24.0. The molecule has 0 unspecified atom stereocenters. The second kappa shape index (κ2) is 28.2. The lowest BCUT2D eigenvalue weighted by atomic mass is 10.1. The standard InChI is InChI=1S/C36H62N8O6S2/c1-41(2)25-31-15-17-33(49-31)29-51-23-21-39-35(27-43(45)46)37-19-13-11-9-7-5-6-8-10-12-14-20-38-36(28-44(47)48)40-22-24-52-30-34-18-16-32(50-34)26-42(3)4/h15-18,27-28,37-40H,5-14,19-26,29-30H2,1-4H3/b35-27+,36-28+. The molecule has 0 fully saturated rings. The molecule has 0 radical (unpaired) electrons. The molecule has 16 heteroatoms. The van der Waals surface area contributed by atoms with E-state index in [1.165, 1.54) is 25.7 Å². The Morgan fingerprint density at radius 2 is 0.904 bits per heavy atom. The fourth-order valence-corrected chi connectivity index (χ4v) is 6.78. The van der Waals surface area contributed by atoms with Gasteiger partial charge in [0.2, 0.25) is 0 Å². The molecule has 0 saturated carbocycles. The van der Waals surface area contributed by atoms with Gasteiger partial charge in [-0.25, -0.2) is 0 Å². The number of hydrogen-bond acceptors (Lipinski definition) is 14. The first kappa shape index (κ1) is 44.8. The van der Waals surface area contributed by atoms with Crippen LogP contribution in [0.3, 0.4) is 0 Å². The first-order chi connectivity index (χ1) is 25.1. The lowest BCUT2D eigenvalue weighted by Gasteiger charge is -2.11. The molecule has 0 aliphatic heterocycles. The Labute approximate surface area is 318 Å². The van der Waals surface area contributed by atoms with E-state index in [-0.39, 0.29) is 0 Å². The van der Waals surface area contributed by atoms with Gasteiger partial charge in [0.05, 0.1) is 34.4 Å². The van der Waals surface area contributed by atoms with Crippen LogP contribution in [0, 0.1) is 20.2 Å². The molecule has 0 aliphatic rings. The molecule has 14 nitrogen and oxygen atoms in total. The Balaban J connectivity index is 1.42. The number of unbranched alkanes of at least 4 members (excludes halogenated alkanes) is 9. The zero-order valence-electron chi connectivity index (χ0n) is 31.7. The number of hydrogen-bond donors (Lipinski definition) is 4. The summed E-state index contributed by atoms with van der Waals surface area (Å²) in [6.07, 6.45) is 13.3. The van der Waals surface area contributed by atoms with Gasteiger partial charge in [-0.3, -0.25) is 20.2 Å². The lowest BCUT2D eigenvalue weighted by Crippen LogP contribution is -2.29. The van der Waals surface area contributed by atoms with E-state index in [1.54, 1.807) is 23.5 Å². The van der Waals surface area contributed by atoms with Crippen molar-refractivity contribution in [2.24, 2.45) is 0 Å². The highest BCUT2D eigenvalue weighted by Gasteiger charge is 2.07. The molecular weight excluding hydrogens is 705 g/mol. The quantitative estimate of drug-likeness (QED) is 0.0350. The predicted molar refractivity (Wildman–Crippen MR) is 213 cm³/mol. The second-order valence-electron chi connectivity index (χ2n) is 13.2. The van der Waals surface area contributed by atoms with Crippen LogP contribution in [-0.2, 0) is 24.6 Å². The van der Waals surface area contributed by atoms with Crippen molar-refractivity contribution < 1.29 is 18.7 Å². The number of nitro groups is 2. The fourth-order valence-electron chi connectivity index (χ4n) is 5.28. The minimum atomic E-state index is -0.426. The molecule has 294 valence electrons. The summed E-state index contributed by atoms with van der Waals surface area (Å²) in [7, 11) is 8.03. The normalized spacial score (nSPS) is 12.1. The Morgan fingerprint density at radius 3 is 1.25 bits per heavy atom. The van der Waals surface area contributed by atoms with Crippen molar-refractivity contribution in [3.8, 4) is 0 Å². The van der Waals surface area contributed by atoms with Gasteiger partial charge in [0.15, 0.2) is 11.6 Å². The first-order valence-corrected chi connectivity index (χ1v) is 20.7. The second-order valence-corrected chi connectivity index (χ2v) is 15.4. The molecule has 4 N–H and O–H groups in total. The van der Waals surface area contributed by atoms with Gasteiger partial charge in [-0.05, 0) is 65.3 Å². The summed E-state index contributed by atoms with van der Waals surface area (Å²) in [6.45, 7) is 4.20. The topological polar surface area (TPSA) is 167 Å². The van der Waals surface area contributed by atoms with E-state index >= 15 is 0 Å². The van der Waals surface area contributed by atoms with Gasteiger partial charge in [0.25, 0.3) is 12.4 Å². The summed E-state index contributed by atoms with van der Waals surface area (Å²) in [4.78, 5) is 25.4. The minimum absolute atomic E-state index is 0.426. The zero-order chi connectivity index (χ0) is 37.8. The van der Waals surface area contributed by atoms with Crippen molar-refractivity contribution in [3.63, 3.8) is 0 Å². The van der Waals surface area contributed by atoms with Crippen LogP contribution >= 0.6 is 23.5 Å². The molecule has 52 heavy (non-hydrogen) atoms. The van der Waals surface area contributed by atoms with Crippen LogP contribution in [0.15, 0.2) is 57.1 Å². The van der Waals surface area contributed by atoms with E-state index < -0.39 is 9.85 Å². The minimum Gasteiger partial charge on any atom is -0.464 e. The summed E-state index contributed by atoms with van der Waals surface area (Å²) < 4.78 is 11.7. The summed E-state index contributed by atoms with van der Waals surface area (Å²) in [6, 6.07) is 8.02. The van der Waals surface area contributed by atoms with Gasteiger partial charge in [-0.15, -0.1) is 0 Å². The number of thioether (sulfide) groups is 2. The summed E-state index contributed by atoms with van der Waals surface area (Å²) >= 11 is 3.46.